The minimum absolute atomic E-state index is 0.0509. The van der Waals surface area contributed by atoms with Crippen LogP contribution in [0, 0.1) is 15.9 Å². The number of aliphatic hydroxyl groups excluding tert-OH is 1. The summed E-state index contributed by atoms with van der Waals surface area (Å²) in [5, 5.41) is 24.4. The number of carbonyl (C=O) groups excluding carboxylic acids is 1. The van der Waals surface area contributed by atoms with Gasteiger partial charge in [-0.05, 0) is 66.1 Å². The first-order valence-electron chi connectivity index (χ1n) is 12.4. The van der Waals surface area contributed by atoms with Crippen LogP contribution >= 0.6 is 11.8 Å². The number of anilines is 1. The third kappa shape index (κ3) is 7.91. The van der Waals surface area contributed by atoms with Gasteiger partial charge < -0.3 is 10.4 Å². The zero-order chi connectivity index (χ0) is 29.4. The fourth-order valence-electron chi connectivity index (χ4n) is 3.93. The first-order chi connectivity index (χ1) is 19.7. The second-order valence-corrected chi connectivity index (χ2v) is 11.7. The minimum Gasteiger partial charge on any atom is -0.396 e. The average Bonchev–Trinajstić information content (AvgIpc) is 2.97. The van der Waals surface area contributed by atoms with E-state index in [1.54, 1.807) is 24.3 Å². The normalized spacial score (nSPS) is 12.0. The highest BCUT2D eigenvalue weighted by molar-refractivity contribution is 7.99. The maximum Gasteiger partial charge on any atom is 0.293 e. The van der Waals surface area contributed by atoms with Gasteiger partial charge >= 0.3 is 0 Å². The Hall–Kier alpha value is -4.26. The number of benzene rings is 4. The van der Waals surface area contributed by atoms with E-state index in [4.69, 9.17) is 0 Å². The number of rotatable bonds is 12. The van der Waals surface area contributed by atoms with Gasteiger partial charge in [-0.1, -0.05) is 42.5 Å². The molecule has 0 heterocycles. The van der Waals surface area contributed by atoms with Crippen LogP contribution in [0.2, 0.25) is 0 Å². The van der Waals surface area contributed by atoms with Crippen LogP contribution in [0.25, 0.3) is 11.1 Å². The third-order valence-corrected chi connectivity index (χ3v) is 8.56. The van der Waals surface area contributed by atoms with Crippen LogP contribution in [0.15, 0.2) is 107 Å². The van der Waals surface area contributed by atoms with Gasteiger partial charge in [-0.2, -0.15) is 0 Å². The highest BCUT2D eigenvalue weighted by Crippen LogP contribution is 2.30. The molecule has 0 fully saturated rings. The zero-order valence-corrected chi connectivity index (χ0v) is 23.2. The summed E-state index contributed by atoms with van der Waals surface area (Å²) in [6.45, 7) is -0.149. The van der Waals surface area contributed by atoms with Crippen molar-refractivity contribution in [1.29, 1.82) is 0 Å². The number of nitrogens with zero attached hydrogens (tertiary/aromatic N) is 1. The molecule has 0 unspecified atom stereocenters. The molecular weight excluding hydrogens is 569 g/mol. The number of hydrogen-bond acceptors (Lipinski definition) is 8. The number of nitro benzene ring substituents is 1. The Morgan fingerprint density at radius 1 is 0.951 bits per heavy atom. The Labute approximate surface area is 240 Å². The van der Waals surface area contributed by atoms with Gasteiger partial charge in [0.25, 0.3) is 21.6 Å². The second kappa shape index (κ2) is 13.4. The highest BCUT2D eigenvalue weighted by Gasteiger charge is 2.25. The molecule has 9 nitrogen and oxygen atoms in total. The first kappa shape index (κ1) is 29.7. The number of aliphatic hydroxyl groups is 1. The average molecular weight is 596 g/mol. The Morgan fingerprint density at radius 2 is 1.59 bits per heavy atom. The van der Waals surface area contributed by atoms with Crippen molar-refractivity contribution in [2.75, 3.05) is 17.7 Å². The third-order valence-electron chi connectivity index (χ3n) is 6.06. The summed E-state index contributed by atoms with van der Waals surface area (Å²) in [6, 6.07) is 24.3. The van der Waals surface area contributed by atoms with E-state index in [2.05, 4.69) is 5.32 Å². The Morgan fingerprint density at radius 3 is 2.20 bits per heavy atom. The van der Waals surface area contributed by atoms with Crippen LogP contribution in [-0.2, 0) is 10.0 Å². The molecule has 0 radical (unpaired) electrons. The minimum atomic E-state index is -4.45. The molecule has 0 saturated carbocycles. The lowest BCUT2D eigenvalue weighted by Gasteiger charge is -2.19. The monoisotopic (exact) mass is 595 g/mol. The van der Waals surface area contributed by atoms with E-state index in [9.17, 15) is 32.8 Å². The SMILES string of the molecule is O=C(NS(=O)(=O)c1ccc(N[C@@H](CCO)CSc2ccccc2)c([N+](=O)[O-])c1)c1ccc(-c2ccc(F)cc2)cc1. The Balaban J connectivity index is 1.48. The van der Waals surface area contributed by atoms with E-state index in [0.29, 0.717) is 23.3 Å². The van der Waals surface area contributed by atoms with Gasteiger partial charge in [0.05, 0.1) is 9.82 Å². The molecule has 1 amide bonds. The Kier molecular flexibility index (Phi) is 9.71. The topological polar surface area (TPSA) is 139 Å². The quantitative estimate of drug-likeness (QED) is 0.111. The molecule has 0 aliphatic heterocycles. The van der Waals surface area contributed by atoms with Gasteiger partial charge in [0, 0.05) is 34.9 Å². The van der Waals surface area contributed by atoms with Crippen LogP contribution in [0.5, 0.6) is 0 Å². The molecule has 0 aliphatic carbocycles. The summed E-state index contributed by atoms with van der Waals surface area (Å²) in [5.74, 6) is -0.801. The van der Waals surface area contributed by atoms with E-state index in [1.807, 2.05) is 35.1 Å². The first-order valence-corrected chi connectivity index (χ1v) is 14.9. The number of carbonyl (C=O) groups is 1. The standard InChI is InChI=1S/C29H26FN3O6S2/c30-23-12-10-21(11-13-23)20-6-8-22(9-7-20)29(35)32-41(38,39)26-14-15-27(28(18-26)33(36)37)31-24(16-17-34)19-40-25-4-2-1-3-5-25/h1-15,18,24,31,34H,16-17,19H2,(H,32,35)/t24-/m0/s1. The maximum atomic E-state index is 13.2. The van der Waals surface area contributed by atoms with Gasteiger partial charge in [0.1, 0.15) is 11.5 Å². The summed E-state index contributed by atoms with van der Waals surface area (Å²) < 4.78 is 41.0. The Bertz CT molecular complexity index is 1620. The molecule has 0 saturated heterocycles. The van der Waals surface area contributed by atoms with E-state index in [0.717, 1.165) is 11.0 Å². The number of nitrogens with one attached hydrogen (secondary N) is 2. The number of sulfonamides is 1. The molecule has 0 aromatic heterocycles. The lowest BCUT2D eigenvalue weighted by Crippen LogP contribution is -2.30. The van der Waals surface area contributed by atoms with Crippen molar-refractivity contribution in [3.05, 3.63) is 119 Å². The summed E-state index contributed by atoms with van der Waals surface area (Å²) >= 11 is 1.51. The molecule has 4 aromatic rings. The molecule has 4 rings (SSSR count). The summed E-state index contributed by atoms with van der Waals surface area (Å²) in [4.78, 5) is 24.4. The summed E-state index contributed by atoms with van der Waals surface area (Å²) in [6.07, 6.45) is 0.313. The molecule has 0 aliphatic rings. The van der Waals surface area contributed by atoms with E-state index < -0.39 is 31.4 Å². The van der Waals surface area contributed by atoms with Crippen molar-refractivity contribution in [2.45, 2.75) is 22.3 Å². The second-order valence-electron chi connectivity index (χ2n) is 8.93. The van der Waals surface area contributed by atoms with Gasteiger partial charge in [-0.25, -0.2) is 17.5 Å². The van der Waals surface area contributed by atoms with Crippen LogP contribution < -0.4 is 10.0 Å². The molecule has 4 aromatic carbocycles. The van der Waals surface area contributed by atoms with Gasteiger partial charge in [-0.15, -0.1) is 11.8 Å². The summed E-state index contributed by atoms with van der Waals surface area (Å²) in [7, 11) is -4.45. The number of halogens is 1. The molecular formula is C29H26FN3O6S2. The van der Waals surface area contributed by atoms with Crippen molar-refractivity contribution in [3.63, 3.8) is 0 Å². The maximum absolute atomic E-state index is 13.2. The lowest BCUT2D eigenvalue weighted by molar-refractivity contribution is -0.384. The molecule has 41 heavy (non-hydrogen) atoms. The fraction of sp³-hybridized carbons (Fsp3) is 0.138. The van der Waals surface area contributed by atoms with Crippen LogP contribution in [-0.4, -0.2) is 42.8 Å². The highest BCUT2D eigenvalue weighted by atomic mass is 32.2. The number of amides is 1. The molecule has 212 valence electrons. The molecule has 0 spiro atoms. The van der Waals surface area contributed by atoms with Gasteiger partial charge in [-0.3, -0.25) is 14.9 Å². The van der Waals surface area contributed by atoms with Gasteiger partial charge in [0.2, 0.25) is 0 Å². The predicted molar refractivity (Wildman–Crippen MR) is 156 cm³/mol. The van der Waals surface area contributed by atoms with E-state index >= 15 is 0 Å². The van der Waals surface area contributed by atoms with Crippen molar-refractivity contribution in [1.82, 2.24) is 4.72 Å². The summed E-state index contributed by atoms with van der Waals surface area (Å²) in [5.41, 5.74) is 1.06. The fourth-order valence-corrected chi connectivity index (χ4v) is 5.92. The smallest absolute Gasteiger partial charge is 0.293 e. The largest absolute Gasteiger partial charge is 0.396 e. The molecule has 1 atom stereocenters. The lowest BCUT2D eigenvalue weighted by atomic mass is 10.0. The predicted octanol–water partition coefficient (Wildman–Crippen LogP) is 5.47. The number of hydrogen-bond donors (Lipinski definition) is 3. The molecule has 3 N–H and O–H groups in total. The van der Waals surface area contributed by atoms with Crippen molar-refractivity contribution in [3.8, 4) is 11.1 Å². The van der Waals surface area contributed by atoms with Crippen molar-refractivity contribution in [2.24, 2.45) is 0 Å². The molecule has 0 bridgehead atoms. The van der Waals surface area contributed by atoms with Gasteiger partial charge in [0.15, 0.2) is 0 Å². The number of thioether (sulfide) groups is 1. The number of nitro groups is 1. The van der Waals surface area contributed by atoms with Crippen LogP contribution in [0.3, 0.4) is 0 Å². The van der Waals surface area contributed by atoms with Crippen LogP contribution in [0.1, 0.15) is 16.8 Å². The van der Waals surface area contributed by atoms with Crippen LogP contribution in [0.4, 0.5) is 15.8 Å². The van der Waals surface area contributed by atoms with Crippen molar-refractivity contribution >= 4 is 39.1 Å². The zero-order valence-electron chi connectivity index (χ0n) is 21.6. The van der Waals surface area contributed by atoms with E-state index in [1.165, 1.54) is 48.2 Å². The molecule has 12 heteroatoms. The van der Waals surface area contributed by atoms with E-state index in [-0.39, 0.29) is 29.7 Å². The van der Waals surface area contributed by atoms with Crippen molar-refractivity contribution < 1.29 is 27.6 Å².